The molecule has 0 radical (unpaired) electrons. The largest absolute Gasteiger partial charge is 0.369 e. The van der Waals surface area contributed by atoms with E-state index in [0.29, 0.717) is 54.8 Å². The zero-order valence-corrected chi connectivity index (χ0v) is 25.1. The average Bonchev–Trinajstić information content (AvgIpc) is 3.39. The molecule has 0 aliphatic carbocycles. The Hall–Kier alpha value is -3.59. The van der Waals surface area contributed by atoms with Crippen molar-refractivity contribution in [2.45, 2.75) is 57.2 Å². The average molecular weight is 608 g/mol. The maximum atomic E-state index is 13.8. The van der Waals surface area contributed by atoms with E-state index in [1.54, 1.807) is 24.4 Å². The van der Waals surface area contributed by atoms with Gasteiger partial charge in [-0.05, 0) is 66.6 Å². The minimum Gasteiger partial charge on any atom is -0.369 e. The van der Waals surface area contributed by atoms with Gasteiger partial charge in [-0.2, -0.15) is 0 Å². The number of aryl methyl sites for hydroxylation is 1. The first-order chi connectivity index (χ1) is 20.2. The molecular weight excluding hydrogens is 571 g/mol. The number of rotatable bonds is 9. The number of fused-ring (bicyclic) bond motifs is 1. The van der Waals surface area contributed by atoms with Gasteiger partial charge in [0, 0.05) is 41.4 Å². The first-order valence-corrected chi connectivity index (χ1v) is 15.0. The Kier molecular flexibility index (Phi) is 9.36. The molecule has 10 heteroatoms. The molecule has 2 heterocycles. The summed E-state index contributed by atoms with van der Waals surface area (Å²) in [6.45, 7) is 2.84. The Morgan fingerprint density at radius 1 is 1.05 bits per heavy atom. The zero-order valence-electron chi connectivity index (χ0n) is 23.6. The number of hydrogen-bond donors (Lipinski definition) is 3. The summed E-state index contributed by atoms with van der Waals surface area (Å²) in [5.41, 5.74) is 14.8. The van der Waals surface area contributed by atoms with Gasteiger partial charge in [-0.3, -0.25) is 9.59 Å². The molecule has 42 heavy (non-hydrogen) atoms. The third kappa shape index (κ3) is 7.06. The Bertz CT molecular complexity index is 1570. The molecule has 5 N–H and O–H groups in total. The molecule has 8 nitrogen and oxygen atoms in total. The standard InChI is InChI=1S/C32H36Cl2N6O2/c1-20-18-40(31(42)29(35)15-24-11-12-25(33)16-28(24)34)27(8-4-7-26-17-37-32(36)38-26)19-39(20)30(41)14-21-9-10-22-5-2-3-6-23(22)13-21/h2-3,5-6,9-13,16-17,20,27,29H,4,7-8,14-15,18-19,35H2,1H3,(H3,36,37,38). The maximum absolute atomic E-state index is 13.8. The molecule has 0 spiro atoms. The van der Waals surface area contributed by atoms with Crippen molar-refractivity contribution in [1.82, 2.24) is 19.8 Å². The van der Waals surface area contributed by atoms with Crippen LogP contribution in [0.3, 0.4) is 0 Å². The number of halogens is 2. The molecule has 3 atom stereocenters. The van der Waals surface area contributed by atoms with Gasteiger partial charge < -0.3 is 26.3 Å². The van der Waals surface area contributed by atoms with Gasteiger partial charge >= 0.3 is 0 Å². The number of nitrogen functional groups attached to an aromatic ring is 1. The Labute approximate surface area is 256 Å². The summed E-state index contributed by atoms with van der Waals surface area (Å²) in [6.07, 6.45) is 4.57. The number of anilines is 1. The molecule has 1 aliphatic rings. The number of nitrogens with zero attached hydrogens (tertiary/aromatic N) is 3. The molecular formula is C32H36Cl2N6O2. The van der Waals surface area contributed by atoms with Crippen LogP contribution in [0.4, 0.5) is 5.95 Å². The highest BCUT2D eigenvalue weighted by Gasteiger charge is 2.38. The van der Waals surface area contributed by atoms with Crippen molar-refractivity contribution in [1.29, 1.82) is 0 Å². The molecule has 0 bridgehead atoms. The zero-order chi connectivity index (χ0) is 29.8. The van der Waals surface area contributed by atoms with E-state index in [0.717, 1.165) is 34.0 Å². The van der Waals surface area contributed by atoms with Crippen LogP contribution in [0.2, 0.25) is 10.0 Å². The number of aromatic amines is 1. The van der Waals surface area contributed by atoms with Crippen molar-refractivity contribution in [2.24, 2.45) is 5.73 Å². The van der Waals surface area contributed by atoms with E-state index in [9.17, 15) is 9.59 Å². The fourth-order valence-corrected chi connectivity index (χ4v) is 6.26. The highest BCUT2D eigenvalue weighted by atomic mass is 35.5. The van der Waals surface area contributed by atoms with Crippen molar-refractivity contribution >= 4 is 51.7 Å². The number of benzene rings is 3. The molecule has 4 aromatic rings. The monoisotopic (exact) mass is 606 g/mol. The molecule has 1 saturated heterocycles. The van der Waals surface area contributed by atoms with Gasteiger partial charge in [0.2, 0.25) is 11.8 Å². The summed E-state index contributed by atoms with van der Waals surface area (Å²) in [4.78, 5) is 38.4. The number of H-pyrrole nitrogens is 1. The van der Waals surface area contributed by atoms with Gasteiger partial charge in [-0.15, -0.1) is 0 Å². The number of carbonyl (C=O) groups excluding carboxylic acids is 2. The molecule has 1 aromatic heterocycles. The second-order valence-corrected chi connectivity index (χ2v) is 12.0. The van der Waals surface area contributed by atoms with Crippen molar-refractivity contribution < 1.29 is 9.59 Å². The lowest BCUT2D eigenvalue weighted by Gasteiger charge is -2.46. The Morgan fingerprint density at radius 2 is 1.83 bits per heavy atom. The topological polar surface area (TPSA) is 121 Å². The maximum Gasteiger partial charge on any atom is 0.240 e. The van der Waals surface area contributed by atoms with Crippen LogP contribution in [-0.2, 0) is 28.9 Å². The van der Waals surface area contributed by atoms with E-state index in [-0.39, 0.29) is 23.9 Å². The minimum absolute atomic E-state index is 0.0483. The number of carbonyl (C=O) groups is 2. The van der Waals surface area contributed by atoms with Crippen molar-refractivity contribution in [3.8, 4) is 0 Å². The van der Waals surface area contributed by atoms with Crippen LogP contribution in [0.5, 0.6) is 0 Å². The number of piperazine rings is 1. The highest BCUT2D eigenvalue weighted by molar-refractivity contribution is 6.35. The van der Waals surface area contributed by atoms with Crippen LogP contribution in [0.1, 0.15) is 36.6 Å². The Morgan fingerprint density at radius 3 is 2.57 bits per heavy atom. The predicted molar refractivity (Wildman–Crippen MR) is 168 cm³/mol. The van der Waals surface area contributed by atoms with Crippen LogP contribution >= 0.6 is 23.2 Å². The summed E-state index contributed by atoms with van der Waals surface area (Å²) in [6, 6.07) is 18.4. The smallest absolute Gasteiger partial charge is 0.240 e. The molecule has 3 aromatic carbocycles. The van der Waals surface area contributed by atoms with Gasteiger partial charge in [-0.1, -0.05) is 71.7 Å². The van der Waals surface area contributed by atoms with Crippen LogP contribution < -0.4 is 11.5 Å². The van der Waals surface area contributed by atoms with Gasteiger partial charge in [0.1, 0.15) is 0 Å². The van der Waals surface area contributed by atoms with Crippen LogP contribution in [0, 0.1) is 0 Å². The molecule has 2 amide bonds. The quantitative estimate of drug-likeness (QED) is 0.247. The van der Waals surface area contributed by atoms with E-state index >= 15 is 0 Å². The van der Waals surface area contributed by atoms with Gasteiger partial charge in [0.25, 0.3) is 0 Å². The van der Waals surface area contributed by atoms with E-state index in [1.165, 1.54) is 0 Å². The number of aromatic nitrogens is 2. The lowest BCUT2D eigenvalue weighted by molar-refractivity contribution is -0.147. The first kappa shape index (κ1) is 29.9. The third-order valence-corrected chi connectivity index (χ3v) is 8.59. The first-order valence-electron chi connectivity index (χ1n) is 14.2. The fourth-order valence-electron chi connectivity index (χ4n) is 5.78. The minimum atomic E-state index is -0.774. The van der Waals surface area contributed by atoms with Crippen molar-refractivity contribution in [2.75, 3.05) is 18.8 Å². The second kappa shape index (κ2) is 13.2. The molecule has 1 fully saturated rings. The van der Waals surface area contributed by atoms with Crippen LogP contribution in [0.15, 0.2) is 66.9 Å². The number of nitrogens with one attached hydrogen (secondary N) is 1. The van der Waals surface area contributed by atoms with E-state index in [2.05, 4.69) is 34.2 Å². The number of amides is 2. The summed E-state index contributed by atoms with van der Waals surface area (Å²) < 4.78 is 0. The van der Waals surface area contributed by atoms with Gasteiger partial charge in [0.05, 0.1) is 18.2 Å². The molecule has 5 rings (SSSR count). The highest BCUT2D eigenvalue weighted by Crippen LogP contribution is 2.25. The third-order valence-electron chi connectivity index (χ3n) is 8.01. The van der Waals surface area contributed by atoms with E-state index in [1.807, 2.05) is 34.9 Å². The lowest BCUT2D eigenvalue weighted by atomic mass is 9.97. The normalized spacial score (nSPS) is 17.9. The number of nitrogens with two attached hydrogens (primary N) is 2. The number of hydrogen-bond acceptors (Lipinski definition) is 5. The van der Waals surface area contributed by atoms with Crippen molar-refractivity contribution in [3.63, 3.8) is 0 Å². The van der Waals surface area contributed by atoms with Crippen LogP contribution in [0.25, 0.3) is 10.8 Å². The second-order valence-electron chi connectivity index (χ2n) is 11.1. The summed E-state index contributed by atoms with van der Waals surface area (Å²) in [5, 5.41) is 3.26. The Balaban J connectivity index is 1.30. The fraction of sp³-hybridized carbons (Fsp3) is 0.344. The summed E-state index contributed by atoms with van der Waals surface area (Å²) in [5.74, 6) is 0.279. The number of imidazole rings is 1. The van der Waals surface area contributed by atoms with Gasteiger partial charge in [0.15, 0.2) is 5.95 Å². The molecule has 220 valence electrons. The molecule has 0 saturated carbocycles. The predicted octanol–water partition coefficient (Wildman–Crippen LogP) is 5.02. The molecule has 1 aliphatic heterocycles. The lowest BCUT2D eigenvalue weighted by Crippen LogP contribution is -2.63. The molecule has 3 unspecified atom stereocenters. The van der Waals surface area contributed by atoms with Crippen molar-refractivity contribution in [3.05, 3.63) is 93.7 Å². The van der Waals surface area contributed by atoms with Crippen LogP contribution in [-0.4, -0.2) is 62.8 Å². The SMILES string of the molecule is CC1CN(C(=O)C(N)Cc2ccc(Cl)cc2Cl)C(CCCc2c[nH]c(N)n2)CN1C(=O)Cc1ccc2ccccc2c1. The van der Waals surface area contributed by atoms with E-state index in [4.69, 9.17) is 34.7 Å². The summed E-state index contributed by atoms with van der Waals surface area (Å²) in [7, 11) is 0. The van der Waals surface area contributed by atoms with Gasteiger partial charge in [-0.25, -0.2) is 4.98 Å². The summed E-state index contributed by atoms with van der Waals surface area (Å²) >= 11 is 12.4. The van der Waals surface area contributed by atoms with E-state index < -0.39 is 6.04 Å².